The molecule has 1 aromatic heterocycles. The molecule has 0 bridgehead atoms. The van der Waals surface area contributed by atoms with Gasteiger partial charge >= 0.3 is 0 Å². The highest BCUT2D eigenvalue weighted by Gasteiger charge is 2.12. The normalized spacial score (nSPS) is 9.91. The van der Waals surface area contributed by atoms with Crippen molar-refractivity contribution < 1.29 is 9.72 Å². The van der Waals surface area contributed by atoms with Gasteiger partial charge in [0.2, 0.25) is 5.91 Å². The van der Waals surface area contributed by atoms with Gasteiger partial charge in [0.1, 0.15) is 0 Å². The van der Waals surface area contributed by atoms with E-state index in [1.807, 2.05) is 6.07 Å². The molecular weight excluding hydrogens is 340 g/mol. The lowest BCUT2D eigenvalue weighted by molar-refractivity contribution is -0.384. The summed E-state index contributed by atoms with van der Waals surface area (Å²) in [6.07, 6.45) is 1.49. The molecule has 116 valence electrons. The molecule has 0 spiro atoms. The van der Waals surface area contributed by atoms with Gasteiger partial charge in [-0.25, -0.2) is 4.98 Å². The average molecular weight is 349 g/mol. The van der Waals surface area contributed by atoms with E-state index in [4.69, 9.17) is 16.9 Å². The average Bonchev–Trinajstić information content (AvgIpc) is 2.55. The Labute approximate surface area is 140 Å². The summed E-state index contributed by atoms with van der Waals surface area (Å²) < 4.78 is 0. The predicted octanol–water partition coefficient (Wildman–Crippen LogP) is 3.25. The van der Waals surface area contributed by atoms with Gasteiger partial charge in [-0.05, 0) is 18.2 Å². The van der Waals surface area contributed by atoms with E-state index in [9.17, 15) is 14.9 Å². The first-order chi connectivity index (χ1) is 11.0. The highest BCUT2D eigenvalue weighted by Crippen LogP contribution is 2.27. The first-order valence-electron chi connectivity index (χ1n) is 6.22. The molecule has 1 N–H and O–H groups in total. The van der Waals surface area contributed by atoms with Crippen LogP contribution in [0.25, 0.3) is 0 Å². The van der Waals surface area contributed by atoms with Crippen LogP contribution in [0.2, 0.25) is 5.02 Å². The predicted molar refractivity (Wildman–Crippen MR) is 86.4 cm³/mol. The zero-order chi connectivity index (χ0) is 16.8. The van der Waals surface area contributed by atoms with Crippen molar-refractivity contribution in [3.63, 3.8) is 0 Å². The number of carbonyl (C=O) groups excluding carboxylic acids is 1. The Bertz CT molecular complexity index is 807. The van der Waals surface area contributed by atoms with Gasteiger partial charge in [-0.15, -0.1) is 0 Å². The van der Waals surface area contributed by atoms with E-state index in [1.54, 1.807) is 12.1 Å². The van der Waals surface area contributed by atoms with Crippen LogP contribution >= 0.6 is 23.4 Å². The van der Waals surface area contributed by atoms with Crippen molar-refractivity contribution in [3.8, 4) is 6.07 Å². The lowest BCUT2D eigenvalue weighted by Crippen LogP contribution is -2.14. The second-order valence-corrected chi connectivity index (χ2v) is 5.66. The van der Waals surface area contributed by atoms with E-state index in [2.05, 4.69) is 10.3 Å². The number of amides is 1. The number of nitriles is 1. The van der Waals surface area contributed by atoms with E-state index in [0.717, 1.165) is 0 Å². The summed E-state index contributed by atoms with van der Waals surface area (Å²) in [7, 11) is 0. The highest BCUT2D eigenvalue weighted by atomic mass is 35.5. The minimum absolute atomic E-state index is 0.0647. The largest absolute Gasteiger partial charge is 0.324 e. The molecule has 2 aromatic rings. The fourth-order valence-corrected chi connectivity index (χ4v) is 2.52. The minimum atomic E-state index is -0.568. The molecule has 1 amide bonds. The molecule has 0 aliphatic rings. The molecule has 0 fully saturated rings. The lowest BCUT2D eigenvalue weighted by atomic mass is 10.3. The van der Waals surface area contributed by atoms with Gasteiger partial charge in [-0.2, -0.15) is 5.26 Å². The van der Waals surface area contributed by atoms with Crippen LogP contribution in [0.3, 0.4) is 0 Å². The second-order valence-electron chi connectivity index (χ2n) is 4.25. The molecule has 0 atom stereocenters. The Hall–Kier alpha value is -2.63. The number of carbonyl (C=O) groups is 1. The number of pyridine rings is 1. The Morgan fingerprint density at radius 3 is 2.87 bits per heavy atom. The van der Waals surface area contributed by atoms with Gasteiger partial charge in [0, 0.05) is 18.3 Å². The maximum Gasteiger partial charge on any atom is 0.271 e. The third-order valence-electron chi connectivity index (χ3n) is 2.65. The topological polar surface area (TPSA) is 109 Å². The van der Waals surface area contributed by atoms with Crippen molar-refractivity contribution in [3.05, 3.63) is 57.2 Å². The number of nitrogens with one attached hydrogen (secondary N) is 1. The standard InChI is InChI=1S/C14H9ClN4O3S/c15-11-6-10(19(21)22)1-2-12(11)18-13(20)8-23-14-5-9(7-16)3-4-17-14/h1-6H,8H2,(H,18,20). The monoisotopic (exact) mass is 348 g/mol. The fourth-order valence-electron chi connectivity index (χ4n) is 1.60. The van der Waals surface area contributed by atoms with Crippen LogP contribution in [0.1, 0.15) is 5.56 Å². The number of benzene rings is 1. The van der Waals surface area contributed by atoms with Crippen LogP contribution in [-0.2, 0) is 4.79 Å². The molecule has 1 aromatic carbocycles. The number of anilines is 1. The molecule has 23 heavy (non-hydrogen) atoms. The number of aromatic nitrogens is 1. The van der Waals surface area contributed by atoms with E-state index in [1.165, 1.54) is 36.2 Å². The van der Waals surface area contributed by atoms with E-state index >= 15 is 0 Å². The van der Waals surface area contributed by atoms with Gasteiger partial charge < -0.3 is 5.32 Å². The summed E-state index contributed by atoms with van der Waals surface area (Å²) in [5.74, 6) is -0.273. The van der Waals surface area contributed by atoms with Gasteiger partial charge in [-0.1, -0.05) is 23.4 Å². The second kappa shape index (κ2) is 7.58. The number of thioether (sulfide) groups is 1. The third kappa shape index (κ3) is 4.67. The number of hydrogen-bond acceptors (Lipinski definition) is 6. The molecule has 0 aliphatic carbocycles. The number of nitro benzene ring substituents is 1. The molecule has 7 nitrogen and oxygen atoms in total. The van der Waals surface area contributed by atoms with Crippen LogP contribution < -0.4 is 5.32 Å². The Morgan fingerprint density at radius 2 is 2.22 bits per heavy atom. The minimum Gasteiger partial charge on any atom is -0.324 e. The number of rotatable bonds is 5. The fraction of sp³-hybridized carbons (Fsp3) is 0.0714. The van der Waals surface area contributed by atoms with Crippen molar-refractivity contribution in [2.45, 2.75) is 5.03 Å². The Kier molecular flexibility index (Phi) is 5.51. The molecule has 0 unspecified atom stereocenters. The van der Waals surface area contributed by atoms with Crippen molar-refractivity contribution in [2.24, 2.45) is 0 Å². The SMILES string of the molecule is N#Cc1ccnc(SCC(=O)Nc2ccc([N+](=O)[O-])cc2Cl)c1. The molecule has 0 aliphatic heterocycles. The van der Waals surface area contributed by atoms with Gasteiger partial charge in [0.05, 0.1) is 38.0 Å². The number of nitrogens with zero attached hydrogens (tertiary/aromatic N) is 3. The maximum absolute atomic E-state index is 11.9. The van der Waals surface area contributed by atoms with Crippen LogP contribution in [-0.4, -0.2) is 21.6 Å². The number of halogens is 1. The van der Waals surface area contributed by atoms with E-state index < -0.39 is 4.92 Å². The zero-order valence-electron chi connectivity index (χ0n) is 11.5. The lowest BCUT2D eigenvalue weighted by Gasteiger charge is -2.07. The first kappa shape index (κ1) is 16.7. The summed E-state index contributed by atoms with van der Waals surface area (Å²) in [5.41, 5.74) is 0.600. The maximum atomic E-state index is 11.9. The van der Waals surface area contributed by atoms with Crippen molar-refractivity contribution in [1.29, 1.82) is 5.26 Å². The zero-order valence-corrected chi connectivity index (χ0v) is 13.1. The number of non-ortho nitro benzene ring substituents is 1. The number of hydrogen-bond donors (Lipinski definition) is 1. The first-order valence-corrected chi connectivity index (χ1v) is 7.58. The third-order valence-corrected chi connectivity index (χ3v) is 3.89. The Balaban J connectivity index is 1.97. The van der Waals surface area contributed by atoms with Crippen LogP contribution in [0.4, 0.5) is 11.4 Å². The van der Waals surface area contributed by atoms with E-state index in [0.29, 0.717) is 16.3 Å². The summed E-state index contributed by atoms with van der Waals surface area (Å²) in [5, 5.41) is 22.6. The van der Waals surface area contributed by atoms with E-state index in [-0.39, 0.29) is 22.4 Å². The molecule has 2 rings (SSSR count). The Morgan fingerprint density at radius 1 is 1.43 bits per heavy atom. The summed E-state index contributed by atoms with van der Waals surface area (Å²) >= 11 is 7.07. The highest BCUT2D eigenvalue weighted by molar-refractivity contribution is 7.99. The molecule has 1 heterocycles. The van der Waals surface area contributed by atoms with Crippen molar-refractivity contribution in [2.75, 3.05) is 11.1 Å². The van der Waals surface area contributed by atoms with Crippen LogP contribution in [0, 0.1) is 21.4 Å². The number of nitro groups is 1. The summed E-state index contributed by atoms with van der Waals surface area (Å²) in [6, 6.07) is 8.94. The van der Waals surface area contributed by atoms with Gasteiger partial charge in [0.15, 0.2) is 0 Å². The van der Waals surface area contributed by atoms with Crippen LogP contribution in [0.5, 0.6) is 0 Å². The molecule has 0 saturated heterocycles. The molecule has 0 radical (unpaired) electrons. The van der Waals surface area contributed by atoms with Crippen LogP contribution in [0.15, 0.2) is 41.6 Å². The summed E-state index contributed by atoms with van der Waals surface area (Å²) in [4.78, 5) is 26.0. The van der Waals surface area contributed by atoms with Gasteiger partial charge in [-0.3, -0.25) is 14.9 Å². The van der Waals surface area contributed by atoms with Gasteiger partial charge in [0.25, 0.3) is 5.69 Å². The molecule has 0 saturated carbocycles. The smallest absolute Gasteiger partial charge is 0.271 e. The molecule has 9 heteroatoms. The quantitative estimate of drug-likeness (QED) is 0.504. The summed E-state index contributed by atoms with van der Waals surface area (Å²) in [6.45, 7) is 0. The van der Waals surface area contributed by atoms with Crippen molar-refractivity contribution >= 4 is 40.6 Å². The molecular formula is C14H9ClN4O3S. The van der Waals surface area contributed by atoms with Crippen molar-refractivity contribution in [1.82, 2.24) is 4.98 Å².